The summed E-state index contributed by atoms with van der Waals surface area (Å²) in [5, 5.41) is 3.26. The van der Waals surface area contributed by atoms with Crippen molar-refractivity contribution < 1.29 is 13.5 Å². The lowest BCUT2D eigenvalue weighted by atomic mass is 9.92. The van der Waals surface area contributed by atoms with Crippen molar-refractivity contribution in [3.8, 4) is 0 Å². The largest absolute Gasteiger partial charge is 0.370 e. The molecule has 0 aliphatic carbocycles. The van der Waals surface area contributed by atoms with E-state index in [0.29, 0.717) is 18.2 Å². The second-order valence-corrected chi connectivity index (χ2v) is 8.88. The van der Waals surface area contributed by atoms with Gasteiger partial charge in [0.15, 0.2) is 0 Å². The van der Waals surface area contributed by atoms with Crippen molar-refractivity contribution in [1.29, 1.82) is 0 Å². The third-order valence-corrected chi connectivity index (χ3v) is 6.73. The van der Waals surface area contributed by atoms with Gasteiger partial charge in [0, 0.05) is 49.6 Å². The molecule has 2 unspecified atom stereocenters. The van der Waals surface area contributed by atoms with Gasteiger partial charge in [-0.05, 0) is 42.8 Å². The van der Waals surface area contributed by atoms with Crippen LogP contribution in [-0.2, 0) is 4.74 Å². The van der Waals surface area contributed by atoms with Crippen LogP contribution in [0.1, 0.15) is 25.0 Å². The van der Waals surface area contributed by atoms with Gasteiger partial charge in [0.1, 0.15) is 17.7 Å². The zero-order chi connectivity index (χ0) is 19.0. The van der Waals surface area contributed by atoms with E-state index in [1.807, 2.05) is 19.0 Å². The van der Waals surface area contributed by atoms with E-state index in [0.717, 1.165) is 44.4 Å². The molecule has 27 heavy (non-hydrogen) atoms. The highest BCUT2D eigenvalue weighted by molar-refractivity contribution is 7.97. The average Bonchev–Trinajstić information content (AvgIpc) is 3.22. The zero-order valence-corrected chi connectivity index (χ0v) is 16.7. The van der Waals surface area contributed by atoms with E-state index in [1.54, 1.807) is 11.1 Å². The fourth-order valence-corrected chi connectivity index (χ4v) is 5.35. The smallest absolute Gasteiger partial charge is 0.129 e. The highest BCUT2D eigenvalue weighted by atomic mass is 32.2. The summed E-state index contributed by atoms with van der Waals surface area (Å²) in [5.41, 5.74) is 3.41. The Morgan fingerprint density at radius 2 is 1.93 bits per heavy atom. The third-order valence-electron chi connectivity index (χ3n) is 5.85. The Hall–Kier alpha value is -0.990. The number of benzene rings is 1. The minimum absolute atomic E-state index is 0.0392. The van der Waals surface area contributed by atoms with E-state index in [4.69, 9.17) is 4.74 Å². The second kappa shape index (κ2) is 8.17. The van der Waals surface area contributed by atoms with E-state index in [1.165, 1.54) is 12.1 Å². The summed E-state index contributed by atoms with van der Waals surface area (Å²) in [7, 11) is 1.86. The van der Waals surface area contributed by atoms with Crippen molar-refractivity contribution in [2.45, 2.75) is 31.5 Å². The van der Waals surface area contributed by atoms with Gasteiger partial charge in [0.05, 0.1) is 6.61 Å². The van der Waals surface area contributed by atoms with Gasteiger partial charge < -0.3 is 10.1 Å². The van der Waals surface area contributed by atoms with Crippen LogP contribution in [0.5, 0.6) is 0 Å². The summed E-state index contributed by atoms with van der Waals surface area (Å²) in [6.07, 6.45) is 0.409. The van der Waals surface area contributed by atoms with E-state index < -0.39 is 17.7 Å². The minimum atomic E-state index is -0.458. The van der Waals surface area contributed by atoms with Gasteiger partial charge in [-0.2, -0.15) is 0 Å². The van der Waals surface area contributed by atoms with Gasteiger partial charge in [-0.25, -0.2) is 13.1 Å². The van der Waals surface area contributed by atoms with E-state index in [9.17, 15) is 8.78 Å². The molecule has 4 rings (SSSR count). The number of hydrogen-bond donors (Lipinski definition) is 1. The summed E-state index contributed by atoms with van der Waals surface area (Å²) < 4.78 is 36.3. The van der Waals surface area contributed by atoms with Crippen LogP contribution in [0.15, 0.2) is 29.3 Å². The summed E-state index contributed by atoms with van der Waals surface area (Å²) in [4.78, 5) is 2.49. The molecular weight excluding hydrogens is 368 g/mol. The Kier molecular flexibility index (Phi) is 5.85. The highest BCUT2D eigenvalue weighted by Crippen LogP contribution is 2.36. The lowest BCUT2D eigenvalue weighted by molar-refractivity contribution is -0.0539. The molecule has 0 saturated carbocycles. The number of likely N-dealkylation sites (N-methyl/N-ethyl adjacent to an activating group) is 1. The molecule has 1 saturated heterocycles. The molecule has 148 valence electrons. The lowest BCUT2D eigenvalue weighted by Crippen LogP contribution is -2.50. The predicted molar refractivity (Wildman–Crippen MR) is 105 cm³/mol. The van der Waals surface area contributed by atoms with Crippen LogP contribution in [0.4, 0.5) is 8.78 Å². The Bertz CT molecular complexity index is 711. The predicted octanol–water partition coefficient (Wildman–Crippen LogP) is 2.98. The molecule has 0 radical (unpaired) electrons. The van der Waals surface area contributed by atoms with Gasteiger partial charge >= 0.3 is 0 Å². The van der Waals surface area contributed by atoms with E-state index in [2.05, 4.69) is 21.4 Å². The fourth-order valence-electron chi connectivity index (χ4n) is 4.49. The molecule has 1 aromatic carbocycles. The van der Waals surface area contributed by atoms with Crippen LogP contribution in [0.3, 0.4) is 0 Å². The molecule has 4 nitrogen and oxygen atoms in total. The van der Waals surface area contributed by atoms with Crippen LogP contribution in [-0.4, -0.2) is 66.9 Å². The zero-order valence-electron chi connectivity index (χ0n) is 15.9. The monoisotopic (exact) mass is 395 g/mol. The Morgan fingerprint density at radius 3 is 2.59 bits per heavy atom. The Labute approximate surface area is 164 Å². The van der Waals surface area contributed by atoms with Crippen LogP contribution in [0.25, 0.3) is 0 Å². The summed E-state index contributed by atoms with van der Waals surface area (Å²) >= 11 is 1.91. The highest BCUT2D eigenvalue weighted by Gasteiger charge is 2.39. The maximum absolute atomic E-state index is 14.2. The summed E-state index contributed by atoms with van der Waals surface area (Å²) in [6.45, 7) is 6.86. The molecule has 1 N–H and O–H groups in total. The molecule has 3 heterocycles. The van der Waals surface area contributed by atoms with Crippen molar-refractivity contribution in [1.82, 2.24) is 14.5 Å². The Balaban J connectivity index is 1.39. The van der Waals surface area contributed by atoms with Gasteiger partial charge in [-0.1, -0.05) is 18.9 Å². The first-order valence-electron chi connectivity index (χ1n) is 9.64. The number of halogens is 2. The van der Waals surface area contributed by atoms with Crippen molar-refractivity contribution >= 4 is 11.9 Å². The van der Waals surface area contributed by atoms with Crippen molar-refractivity contribution in [3.05, 3.63) is 46.5 Å². The number of nitrogens with one attached hydrogen (secondary N) is 1. The first-order chi connectivity index (χ1) is 13.1. The topological polar surface area (TPSA) is 27.7 Å². The van der Waals surface area contributed by atoms with Gasteiger partial charge in [0.2, 0.25) is 0 Å². The van der Waals surface area contributed by atoms with Crippen molar-refractivity contribution in [3.63, 3.8) is 0 Å². The molecule has 0 spiro atoms. The van der Waals surface area contributed by atoms with E-state index >= 15 is 0 Å². The third kappa shape index (κ3) is 3.93. The lowest BCUT2D eigenvalue weighted by Gasteiger charge is -2.40. The average molecular weight is 396 g/mol. The Morgan fingerprint density at radius 1 is 1.19 bits per heavy atom. The molecule has 7 heteroatoms. The molecule has 0 bridgehead atoms. The molecule has 0 amide bonds. The SMILES string of the molecule is CCSN1CC2=C(C1)CN(C1CO[C@H](c3cc(F)ccc3F)C(NC)C1)C2. The van der Waals surface area contributed by atoms with Crippen molar-refractivity contribution in [2.24, 2.45) is 0 Å². The van der Waals surface area contributed by atoms with Crippen LogP contribution >= 0.6 is 11.9 Å². The number of hydrogen-bond acceptors (Lipinski definition) is 5. The number of nitrogens with zero attached hydrogens (tertiary/aromatic N) is 2. The fraction of sp³-hybridized carbons (Fsp3) is 0.600. The molecule has 0 aromatic heterocycles. The van der Waals surface area contributed by atoms with Crippen LogP contribution in [0, 0.1) is 11.6 Å². The molecule has 1 aromatic rings. The van der Waals surface area contributed by atoms with E-state index in [-0.39, 0.29) is 6.04 Å². The quantitative estimate of drug-likeness (QED) is 0.611. The van der Waals surface area contributed by atoms with Crippen LogP contribution in [0.2, 0.25) is 0 Å². The standard InChI is InChI=1S/C20H27F2N3OS/c1-3-27-25-10-13-8-24(9-14(13)11-25)16-7-19(23-2)20(26-12-16)17-6-15(21)4-5-18(17)22/h4-6,16,19-20,23H,3,7-12H2,1-2H3/t16?,19?,20-/m1/s1. The maximum atomic E-state index is 14.2. The molecule has 3 aliphatic heterocycles. The minimum Gasteiger partial charge on any atom is -0.370 e. The normalized spacial score (nSPS) is 29.6. The first-order valence-corrected chi connectivity index (χ1v) is 10.6. The second-order valence-electron chi connectivity index (χ2n) is 7.53. The van der Waals surface area contributed by atoms with Gasteiger partial charge in [-0.3, -0.25) is 4.90 Å². The van der Waals surface area contributed by atoms with Crippen LogP contribution < -0.4 is 5.32 Å². The molecule has 3 atom stereocenters. The summed E-state index contributed by atoms with van der Waals surface area (Å²) in [5.74, 6) is 0.278. The van der Waals surface area contributed by atoms with Gasteiger partial charge in [-0.15, -0.1) is 0 Å². The first kappa shape index (κ1) is 19.3. The maximum Gasteiger partial charge on any atom is 0.129 e. The molecule has 1 fully saturated rings. The number of rotatable bonds is 5. The molecular formula is C20H27F2N3OS. The number of ether oxygens (including phenoxy) is 1. The molecule has 3 aliphatic rings. The summed E-state index contributed by atoms with van der Waals surface area (Å²) in [6, 6.07) is 3.85. The van der Waals surface area contributed by atoms with Gasteiger partial charge in [0.25, 0.3) is 0 Å². The van der Waals surface area contributed by atoms with Crippen molar-refractivity contribution in [2.75, 3.05) is 45.6 Å².